The lowest BCUT2D eigenvalue weighted by Crippen LogP contribution is -2.28. The van der Waals surface area contributed by atoms with E-state index in [2.05, 4.69) is 32.5 Å². The van der Waals surface area contributed by atoms with Crippen LogP contribution in [0.5, 0.6) is 0 Å². The van der Waals surface area contributed by atoms with E-state index in [0.717, 1.165) is 43.1 Å². The van der Waals surface area contributed by atoms with Crippen molar-refractivity contribution in [2.24, 2.45) is 0 Å². The summed E-state index contributed by atoms with van der Waals surface area (Å²) in [7, 11) is 2.02. The molecule has 0 fully saturated rings. The van der Waals surface area contributed by atoms with Gasteiger partial charge in [0.25, 0.3) is 0 Å². The van der Waals surface area contributed by atoms with Gasteiger partial charge in [-0.15, -0.1) is 11.3 Å². The number of nitrogens with one attached hydrogen (secondary N) is 1. The first-order valence-corrected chi connectivity index (χ1v) is 7.37. The lowest BCUT2D eigenvalue weighted by Gasteiger charge is -2.14. The van der Waals surface area contributed by atoms with Crippen LogP contribution in [-0.2, 0) is 11.2 Å². The molecule has 1 N–H and O–H groups in total. The maximum Gasteiger partial charge on any atom is 0.193 e. The first kappa shape index (κ1) is 13.5. The van der Waals surface area contributed by atoms with Gasteiger partial charge in [0.15, 0.2) is 4.96 Å². The van der Waals surface area contributed by atoms with Gasteiger partial charge in [0.05, 0.1) is 5.69 Å². The van der Waals surface area contributed by atoms with Crippen molar-refractivity contribution in [1.29, 1.82) is 0 Å². The standard InChI is InChI=1S/C13H21N3OS/c1-3-17-7-4-5-11(14-2)9-12-10-16-6-8-18-13(16)15-12/h6,8,10-11,14H,3-5,7,9H2,1-2H3. The highest BCUT2D eigenvalue weighted by Gasteiger charge is 2.10. The fourth-order valence-corrected chi connectivity index (χ4v) is 2.77. The molecule has 4 nitrogen and oxygen atoms in total. The molecule has 2 heterocycles. The van der Waals surface area contributed by atoms with E-state index in [1.54, 1.807) is 11.3 Å². The predicted octanol–water partition coefficient (Wildman–Crippen LogP) is 2.34. The summed E-state index contributed by atoms with van der Waals surface area (Å²) in [6.07, 6.45) is 7.39. The van der Waals surface area contributed by atoms with Crippen LogP contribution in [0.1, 0.15) is 25.5 Å². The molecule has 1 unspecified atom stereocenters. The monoisotopic (exact) mass is 267 g/mol. The van der Waals surface area contributed by atoms with Gasteiger partial charge in [0.2, 0.25) is 0 Å². The van der Waals surface area contributed by atoms with Crippen LogP contribution in [0, 0.1) is 0 Å². The number of fused-ring (bicyclic) bond motifs is 1. The molecule has 0 bridgehead atoms. The summed E-state index contributed by atoms with van der Waals surface area (Å²) in [5.74, 6) is 0. The van der Waals surface area contributed by atoms with Crippen LogP contribution in [0.3, 0.4) is 0 Å². The van der Waals surface area contributed by atoms with E-state index in [4.69, 9.17) is 4.74 Å². The Balaban J connectivity index is 1.83. The second-order valence-electron chi connectivity index (χ2n) is 4.35. The summed E-state index contributed by atoms with van der Waals surface area (Å²) >= 11 is 1.68. The second-order valence-corrected chi connectivity index (χ2v) is 5.23. The van der Waals surface area contributed by atoms with Crippen LogP contribution in [0.25, 0.3) is 4.96 Å². The number of nitrogens with zero attached hydrogens (tertiary/aromatic N) is 2. The van der Waals surface area contributed by atoms with Crippen LogP contribution >= 0.6 is 11.3 Å². The fourth-order valence-electron chi connectivity index (χ4n) is 2.05. The van der Waals surface area contributed by atoms with Gasteiger partial charge in [-0.2, -0.15) is 0 Å². The van der Waals surface area contributed by atoms with Gasteiger partial charge in [0.1, 0.15) is 0 Å². The summed E-state index contributed by atoms with van der Waals surface area (Å²) in [5, 5.41) is 5.42. The van der Waals surface area contributed by atoms with Crippen molar-refractivity contribution in [2.75, 3.05) is 20.3 Å². The Hall–Kier alpha value is -0.910. The minimum Gasteiger partial charge on any atom is -0.382 e. The van der Waals surface area contributed by atoms with Crippen LogP contribution in [0.2, 0.25) is 0 Å². The van der Waals surface area contributed by atoms with E-state index in [1.807, 2.05) is 14.0 Å². The van der Waals surface area contributed by atoms with E-state index in [9.17, 15) is 0 Å². The molecule has 0 amide bonds. The molecule has 0 aromatic carbocycles. The quantitative estimate of drug-likeness (QED) is 0.746. The molecule has 2 rings (SSSR count). The lowest BCUT2D eigenvalue weighted by molar-refractivity contribution is 0.141. The number of aromatic nitrogens is 2. The molecule has 5 heteroatoms. The summed E-state index contributed by atoms with van der Waals surface area (Å²) < 4.78 is 7.46. The Kier molecular flexibility index (Phi) is 5.16. The normalized spacial score (nSPS) is 13.2. The van der Waals surface area contributed by atoms with Crippen LogP contribution < -0.4 is 5.32 Å². The predicted molar refractivity (Wildman–Crippen MR) is 75.3 cm³/mol. The van der Waals surface area contributed by atoms with Crippen molar-refractivity contribution in [2.45, 2.75) is 32.2 Å². The van der Waals surface area contributed by atoms with E-state index in [1.165, 1.54) is 0 Å². The lowest BCUT2D eigenvalue weighted by atomic mass is 10.1. The number of thiazole rings is 1. The first-order valence-electron chi connectivity index (χ1n) is 6.49. The molecule has 0 aliphatic carbocycles. The van der Waals surface area contributed by atoms with Gasteiger partial charge in [-0.1, -0.05) is 0 Å². The van der Waals surface area contributed by atoms with Crippen molar-refractivity contribution in [1.82, 2.24) is 14.7 Å². The van der Waals surface area contributed by atoms with E-state index in [-0.39, 0.29) is 0 Å². The van der Waals surface area contributed by atoms with E-state index in [0.29, 0.717) is 6.04 Å². The molecule has 1 atom stereocenters. The minimum absolute atomic E-state index is 0.482. The topological polar surface area (TPSA) is 38.6 Å². The van der Waals surface area contributed by atoms with E-state index < -0.39 is 0 Å². The number of likely N-dealkylation sites (N-methyl/N-ethyl adjacent to an activating group) is 1. The van der Waals surface area contributed by atoms with Crippen molar-refractivity contribution in [3.05, 3.63) is 23.5 Å². The van der Waals surface area contributed by atoms with Crippen LogP contribution in [0.4, 0.5) is 0 Å². The van der Waals surface area contributed by atoms with Gasteiger partial charge in [-0.05, 0) is 26.8 Å². The molecule has 2 aromatic rings. The molecular weight excluding hydrogens is 246 g/mol. The molecule has 0 spiro atoms. The Morgan fingerprint density at radius 1 is 1.56 bits per heavy atom. The number of hydrogen-bond donors (Lipinski definition) is 1. The zero-order valence-corrected chi connectivity index (χ0v) is 11.9. The van der Waals surface area contributed by atoms with Gasteiger partial charge in [0, 0.05) is 43.5 Å². The number of rotatable bonds is 8. The fraction of sp³-hybridized carbons (Fsp3) is 0.615. The number of imidazole rings is 1. The molecule has 100 valence electrons. The summed E-state index contributed by atoms with van der Waals surface area (Å²) in [4.78, 5) is 5.69. The third kappa shape index (κ3) is 3.54. The zero-order chi connectivity index (χ0) is 12.8. The van der Waals surface area contributed by atoms with Gasteiger partial charge in [-0.3, -0.25) is 4.40 Å². The molecule has 0 radical (unpaired) electrons. The highest BCUT2D eigenvalue weighted by Crippen LogP contribution is 2.13. The largest absolute Gasteiger partial charge is 0.382 e. The smallest absolute Gasteiger partial charge is 0.193 e. The summed E-state index contributed by atoms with van der Waals surface area (Å²) in [6, 6.07) is 0.482. The van der Waals surface area contributed by atoms with E-state index >= 15 is 0 Å². The molecule has 0 saturated heterocycles. The van der Waals surface area contributed by atoms with Gasteiger partial charge >= 0.3 is 0 Å². The summed E-state index contributed by atoms with van der Waals surface area (Å²) in [6.45, 7) is 3.70. The third-order valence-corrected chi connectivity index (χ3v) is 3.82. The van der Waals surface area contributed by atoms with Crippen LogP contribution in [-0.4, -0.2) is 35.7 Å². The number of hydrogen-bond acceptors (Lipinski definition) is 4. The highest BCUT2D eigenvalue weighted by molar-refractivity contribution is 7.15. The van der Waals surface area contributed by atoms with Crippen molar-refractivity contribution < 1.29 is 4.74 Å². The molecule has 0 aliphatic rings. The molecular formula is C13H21N3OS. The Bertz CT molecular complexity index is 437. The van der Waals surface area contributed by atoms with Gasteiger partial charge < -0.3 is 10.1 Å². The SMILES string of the molecule is CCOCCCC(Cc1cn2ccsc2n1)NC. The number of ether oxygens (including phenoxy) is 1. The Morgan fingerprint density at radius 3 is 3.17 bits per heavy atom. The maximum absolute atomic E-state index is 5.37. The maximum atomic E-state index is 5.37. The van der Waals surface area contributed by atoms with Crippen molar-refractivity contribution in [3.8, 4) is 0 Å². The molecule has 2 aromatic heterocycles. The first-order chi connectivity index (χ1) is 8.83. The third-order valence-electron chi connectivity index (χ3n) is 3.05. The summed E-state index contributed by atoms with van der Waals surface area (Å²) in [5.41, 5.74) is 1.16. The highest BCUT2D eigenvalue weighted by atomic mass is 32.1. The Morgan fingerprint density at radius 2 is 2.44 bits per heavy atom. The average Bonchev–Trinajstić information content (AvgIpc) is 2.93. The van der Waals surface area contributed by atoms with Crippen molar-refractivity contribution >= 4 is 16.3 Å². The minimum atomic E-state index is 0.482. The van der Waals surface area contributed by atoms with Gasteiger partial charge in [-0.25, -0.2) is 4.98 Å². The second kappa shape index (κ2) is 6.87. The Labute approximate surface area is 112 Å². The van der Waals surface area contributed by atoms with Crippen LogP contribution in [0.15, 0.2) is 17.8 Å². The molecule has 18 heavy (non-hydrogen) atoms. The molecule has 0 saturated carbocycles. The zero-order valence-electron chi connectivity index (χ0n) is 11.1. The average molecular weight is 267 g/mol. The van der Waals surface area contributed by atoms with Crippen molar-refractivity contribution in [3.63, 3.8) is 0 Å². The molecule has 0 aliphatic heterocycles.